The normalized spacial score (nSPS) is 15.4. The molecule has 2 aromatic carbocycles. The van der Waals surface area contributed by atoms with Crippen molar-refractivity contribution in [3.05, 3.63) is 63.6 Å². The summed E-state index contributed by atoms with van der Waals surface area (Å²) in [5.74, 6) is -0.232. The van der Waals surface area contributed by atoms with Crippen LogP contribution >= 0.6 is 23.2 Å². The number of piperazine rings is 1. The van der Waals surface area contributed by atoms with Crippen molar-refractivity contribution in [1.29, 1.82) is 5.26 Å². The molecule has 0 N–H and O–H groups in total. The average Bonchev–Trinajstić information content (AvgIpc) is 2.69. The van der Waals surface area contributed by atoms with Crippen molar-refractivity contribution in [2.24, 2.45) is 0 Å². The van der Waals surface area contributed by atoms with Gasteiger partial charge >= 0.3 is 0 Å². The van der Waals surface area contributed by atoms with Gasteiger partial charge in [0.15, 0.2) is 0 Å². The summed E-state index contributed by atoms with van der Waals surface area (Å²) in [6.45, 7) is 0.782. The molecule has 2 aromatic rings. The molecule has 0 aromatic heterocycles. The fraction of sp³-hybridized carbons (Fsp3) is 0.222. The Hall–Kier alpha value is -2.11. The van der Waals surface area contributed by atoms with Gasteiger partial charge in [0.1, 0.15) is 4.90 Å². The van der Waals surface area contributed by atoms with E-state index in [0.717, 1.165) is 0 Å². The molecule has 0 aliphatic carbocycles. The summed E-state index contributed by atoms with van der Waals surface area (Å²) in [5, 5.41) is 9.12. The van der Waals surface area contributed by atoms with Crippen molar-refractivity contribution in [3.63, 3.8) is 0 Å². The number of nitriles is 1. The van der Waals surface area contributed by atoms with Gasteiger partial charge in [-0.05, 0) is 30.3 Å². The van der Waals surface area contributed by atoms with Gasteiger partial charge < -0.3 is 4.90 Å². The topological polar surface area (TPSA) is 81.5 Å². The lowest BCUT2D eigenvalue weighted by Gasteiger charge is -2.34. The van der Waals surface area contributed by atoms with Crippen LogP contribution in [0.5, 0.6) is 0 Å². The number of benzene rings is 2. The lowest BCUT2D eigenvalue weighted by molar-refractivity contribution is 0.0698. The summed E-state index contributed by atoms with van der Waals surface area (Å²) in [6.07, 6.45) is 0. The van der Waals surface area contributed by atoms with E-state index >= 15 is 0 Å². The predicted molar refractivity (Wildman–Crippen MR) is 102 cm³/mol. The zero-order valence-electron chi connectivity index (χ0n) is 14.1. The van der Waals surface area contributed by atoms with Crippen molar-refractivity contribution >= 4 is 39.1 Å². The monoisotopic (exact) mass is 423 g/mol. The van der Waals surface area contributed by atoms with Gasteiger partial charge in [0, 0.05) is 31.7 Å². The van der Waals surface area contributed by atoms with E-state index < -0.39 is 10.0 Å². The number of carbonyl (C=O) groups is 1. The highest BCUT2D eigenvalue weighted by Gasteiger charge is 2.32. The molecule has 0 atom stereocenters. The van der Waals surface area contributed by atoms with Crippen LogP contribution < -0.4 is 0 Å². The summed E-state index contributed by atoms with van der Waals surface area (Å²) in [4.78, 5) is 14.1. The highest BCUT2D eigenvalue weighted by molar-refractivity contribution is 7.89. The Morgan fingerprint density at radius 1 is 1.04 bits per heavy atom. The molecule has 0 saturated carbocycles. The van der Waals surface area contributed by atoms with E-state index in [1.54, 1.807) is 23.1 Å². The van der Waals surface area contributed by atoms with Crippen LogP contribution in [0.15, 0.2) is 47.4 Å². The van der Waals surface area contributed by atoms with Gasteiger partial charge in [0.25, 0.3) is 5.91 Å². The zero-order chi connectivity index (χ0) is 19.6. The molecule has 3 rings (SSSR count). The van der Waals surface area contributed by atoms with Crippen LogP contribution in [-0.4, -0.2) is 49.7 Å². The molecule has 0 spiro atoms. The minimum absolute atomic E-state index is 0.00834. The largest absolute Gasteiger partial charge is 0.336 e. The van der Waals surface area contributed by atoms with E-state index in [-0.39, 0.29) is 47.0 Å². The van der Waals surface area contributed by atoms with E-state index in [0.29, 0.717) is 11.1 Å². The van der Waals surface area contributed by atoms with Gasteiger partial charge in [0.2, 0.25) is 10.0 Å². The Balaban J connectivity index is 1.74. The molecular formula is C18H15Cl2N3O3S. The predicted octanol–water partition coefficient (Wildman–Crippen LogP) is 3.01. The van der Waals surface area contributed by atoms with Gasteiger partial charge in [-0.3, -0.25) is 4.79 Å². The first kappa shape index (κ1) is 19.6. The Labute approximate surface area is 167 Å². The number of carbonyl (C=O) groups excluding carboxylic acids is 1. The van der Waals surface area contributed by atoms with Gasteiger partial charge in [-0.2, -0.15) is 9.57 Å². The third kappa shape index (κ3) is 3.94. The first-order valence-electron chi connectivity index (χ1n) is 8.08. The van der Waals surface area contributed by atoms with Crippen LogP contribution in [0.2, 0.25) is 10.0 Å². The molecule has 27 heavy (non-hydrogen) atoms. The van der Waals surface area contributed by atoms with Crippen LogP contribution in [0.4, 0.5) is 0 Å². The maximum absolute atomic E-state index is 12.8. The SMILES string of the molecule is N#Cc1cccc(C(=O)N2CCN(S(=O)(=O)c3cccc(Cl)c3Cl)CC2)c1. The summed E-state index contributed by atoms with van der Waals surface area (Å²) in [5.41, 5.74) is 0.806. The first-order valence-corrected chi connectivity index (χ1v) is 10.3. The molecule has 1 fully saturated rings. The molecule has 1 heterocycles. The number of nitrogens with zero attached hydrogens (tertiary/aromatic N) is 3. The van der Waals surface area contributed by atoms with E-state index in [9.17, 15) is 13.2 Å². The Bertz CT molecular complexity index is 1030. The molecule has 6 nitrogen and oxygen atoms in total. The van der Waals surface area contributed by atoms with Crippen molar-refractivity contribution < 1.29 is 13.2 Å². The maximum atomic E-state index is 12.8. The second-order valence-electron chi connectivity index (χ2n) is 5.94. The molecular weight excluding hydrogens is 409 g/mol. The van der Waals surface area contributed by atoms with Crippen LogP contribution in [0.3, 0.4) is 0 Å². The zero-order valence-corrected chi connectivity index (χ0v) is 16.4. The van der Waals surface area contributed by atoms with E-state index in [4.69, 9.17) is 28.5 Å². The summed E-state index contributed by atoms with van der Waals surface area (Å²) >= 11 is 12.0. The van der Waals surface area contributed by atoms with E-state index in [2.05, 4.69) is 0 Å². The number of sulfonamides is 1. The van der Waals surface area contributed by atoms with E-state index in [1.807, 2.05) is 6.07 Å². The van der Waals surface area contributed by atoms with Crippen molar-refractivity contribution in [2.45, 2.75) is 4.90 Å². The van der Waals surface area contributed by atoms with Gasteiger partial charge in [0.05, 0.1) is 21.7 Å². The van der Waals surface area contributed by atoms with Crippen molar-refractivity contribution in [3.8, 4) is 6.07 Å². The molecule has 1 aliphatic heterocycles. The Kier molecular flexibility index (Phi) is 5.72. The number of rotatable bonds is 3. The van der Waals surface area contributed by atoms with Crippen LogP contribution in [0.1, 0.15) is 15.9 Å². The second-order valence-corrected chi connectivity index (χ2v) is 8.63. The summed E-state index contributed by atoms with van der Waals surface area (Å²) in [7, 11) is -3.80. The minimum atomic E-state index is -3.80. The number of amides is 1. The van der Waals surface area contributed by atoms with Crippen LogP contribution in [-0.2, 0) is 10.0 Å². The van der Waals surface area contributed by atoms with Gasteiger partial charge in [-0.25, -0.2) is 8.42 Å². The quantitative estimate of drug-likeness (QED) is 0.759. The molecule has 1 aliphatic rings. The smallest absolute Gasteiger partial charge is 0.253 e. The summed E-state index contributed by atoms with van der Waals surface area (Å²) < 4.78 is 27.0. The Morgan fingerprint density at radius 3 is 2.37 bits per heavy atom. The van der Waals surface area contributed by atoms with Crippen molar-refractivity contribution in [1.82, 2.24) is 9.21 Å². The lowest BCUT2D eigenvalue weighted by atomic mass is 10.1. The third-order valence-electron chi connectivity index (χ3n) is 4.30. The fourth-order valence-electron chi connectivity index (χ4n) is 2.86. The molecule has 9 heteroatoms. The maximum Gasteiger partial charge on any atom is 0.253 e. The average molecular weight is 424 g/mol. The second kappa shape index (κ2) is 7.87. The third-order valence-corrected chi connectivity index (χ3v) is 7.17. The molecule has 140 valence electrons. The lowest BCUT2D eigenvalue weighted by Crippen LogP contribution is -2.50. The molecule has 1 saturated heterocycles. The first-order chi connectivity index (χ1) is 12.8. The van der Waals surface area contributed by atoms with Crippen LogP contribution in [0, 0.1) is 11.3 Å². The molecule has 0 radical (unpaired) electrons. The molecule has 0 bridgehead atoms. The van der Waals surface area contributed by atoms with Crippen molar-refractivity contribution in [2.75, 3.05) is 26.2 Å². The standard InChI is InChI=1S/C18H15Cl2N3O3S/c19-15-5-2-6-16(17(15)20)27(25,26)23-9-7-22(8-10-23)18(24)14-4-1-3-13(11-14)12-21/h1-6,11H,7-10H2. The van der Waals surface area contributed by atoms with Gasteiger partial charge in [-0.15, -0.1) is 0 Å². The number of hydrogen-bond donors (Lipinski definition) is 0. The molecule has 0 unspecified atom stereocenters. The minimum Gasteiger partial charge on any atom is -0.336 e. The number of hydrogen-bond acceptors (Lipinski definition) is 4. The fourth-order valence-corrected chi connectivity index (χ4v) is 5.02. The molecule has 1 amide bonds. The highest BCUT2D eigenvalue weighted by Crippen LogP contribution is 2.31. The van der Waals surface area contributed by atoms with Gasteiger partial charge in [-0.1, -0.05) is 35.3 Å². The Morgan fingerprint density at radius 2 is 1.70 bits per heavy atom. The van der Waals surface area contributed by atoms with Crippen LogP contribution in [0.25, 0.3) is 0 Å². The number of halogens is 2. The summed E-state index contributed by atoms with van der Waals surface area (Å²) in [6, 6.07) is 12.9. The van der Waals surface area contributed by atoms with E-state index in [1.165, 1.54) is 28.6 Å². The highest BCUT2D eigenvalue weighted by atomic mass is 35.5.